The van der Waals surface area contributed by atoms with Crippen LogP contribution in [-0.2, 0) is 16.4 Å². The van der Waals surface area contributed by atoms with Gasteiger partial charge in [0, 0.05) is 18.4 Å². The summed E-state index contributed by atoms with van der Waals surface area (Å²) in [5.41, 5.74) is 2.22. The minimum atomic E-state index is -3.30. The summed E-state index contributed by atoms with van der Waals surface area (Å²) in [6.07, 6.45) is 2.89. The van der Waals surface area contributed by atoms with Crippen molar-refractivity contribution in [3.8, 4) is 0 Å². The Morgan fingerprint density at radius 2 is 2.00 bits per heavy atom. The summed E-state index contributed by atoms with van der Waals surface area (Å²) in [5.74, 6) is -0.323. The van der Waals surface area contributed by atoms with E-state index in [-0.39, 0.29) is 10.8 Å². The molecule has 0 bridgehead atoms. The number of hydrogen-bond donors (Lipinski definition) is 0. The molecule has 0 aliphatic rings. The van der Waals surface area contributed by atoms with Crippen molar-refractivity contribution >= 4 is 37.3 Å². The second kappa shape index (κ2) is 7.01. The minimum Gasteiger partial charge on any atom is -0.312 e. The van der Waals surface area contributed by atoms with Crippen LogP contribution in [0.2, 0.25) is 0 Å². The molecule has 1 aromatic heterocycles. The fraction of sp³-hybridized carbons (Fsp3) is 0.158. The lowest BCUT2D eigenvalue weighted by atomic mass is 10.1. The van der Waals surface area contributed by atoms with Crippen molar-refractivity contribution in [2.24, 2.45) is 4.99 Å². The number of sulfone groups is 1. The van der Waals surface area contributed by atoms with E-state index < -0.39 is 9.84 Å². The Hall–Kier alpha value is -2.51. The van der Waals surface area contributed by atoms with E-state index in [4.69, 9.17) is 0 Å². The van der Waals surface area contributed by atoms with Gasteiger partial charge in [-0.2, -0.15) is 4.99 Å². The molecule has 1 heterocycles. The van der Waals surface area contributed by atoms with E-state index in [0.717, 1.165) is 15.8 Å². The molecule has 0 aliphatic carbocycles. The Morgan fingerprint density at radius 3 is 2.65 bits per heavy atom. The number of carbonyl (C=O) groups is 1. The van der Waals surface area contributed by atoms with Gasteiger partial charge in [-0.15, -0.1) is 6.58 Å². The van der Waals surface area contributed by atoms with Crippen LogP contribution in [0.5, 0.6) is 0 Å². The highest BCUT2D eigenvalue weighted by Gasteiger charge is 2.13. The average Bonchev–Trinajstić information content (AvgIpc) is 2.91. The highest BCUT2D eigenvalue weighted by Crippen LogP contribution is 2.22. The summed E-state index contributed by atoms with van der Waals surface area (Å²) >= 11 is 1.29. The van der Waals surface area contributed by atoms with Gasteiger partial charge in [0.1, 0.15) is 0 Å². The van der Waals surface area contributed by atoms with Gasteiger partial charge in [0.05, 0.1) is 15.1 Å². The molecule has 0 saturated carbocycles. The van der Waals surface area contributed by atoms with Crippen LogP contribution < -0.4 is 4.80 Å². The Kier molecular flexibility index (Phi) is 4.93. The van der Waals surface area contributed by atoms with Crippen LogP contribution >= 0.6 is 11.3 Å². The molecule has 0 atom stereocenters. The zero-order chi connectivity index (χ0) is 18.9. The molecule has 0 saturated heterocycles. The maximum Gasteiger partial charge on any atom is 0.279 e. The van der Waals surface area contributed by atoms with Crippen molar-refractivity contribution in [1.29, 1.82) is 0 Å². The average molecular weight is 386 g/mol. The van der Waals surface area contributed by atoms with Crippen molar-refractivity contribution in [3.63, 3.8) is 0 Å². The summed E-state index contributed by atoms with van der Waals surface area (Å²) in [4.78, 5) is 17.6. The summed E-state index contributed by atoms with van der Waals surface area (Å²) in [6, 6.07) is 12.2. The second-order valence-corrected chi connectivity index (χ2v) is 8.94. The molecule has 3 aromatic rings. The van der Waals surface area contributed by atoms with Crippen molar-refractivity contribution in [2.75, 3.05) is 6.26 Å². The molecule has 0 radical (unpaired) electrons. The molecule has 0 fully saturated rings. The van der Waals surface area contributed by atoms with Gasteiger partial charge in [-0.25, -0.2) is 8.42 Å². The number of hydrogen-bond acceptors (Lipinski definition) is 4. The maximum atomic E-state index is 12.6. The maximum absolute atomic E-state index is 12.6. The first-order valence-electron chi connectivity index (χ1n) is 7.90. The van der Waals surface area contributed by atoms with Crippen molar-refractivity contribution in [2.45, 2.75) is 18.4 Å². The molecule has 1 amide bonds. The molecule has 0 aliphatic heterocycles. The first kappa shape index (κ1) is 18.3. The van der Waals surface area contributed by atoms with Gasteiger partial charge in [-0.05, 0) is 36.8 Å². The summed E-state index contributed by atoms with van der Waals surface area (Å²) < 4.78 is 26.2. The quantitative estimate of drug-likeness (QED) is 0.646. The second-order valence-electron chi connectivity index (χ2n) is 5.92. The number of aryl methyl sites for hydroxylation is 1. The Bertz CT molecular complexity index is 1180. The molecule has 134 valence electrons. The van der Waals surface area contributed by atoms with Gasteiger partial charge in [0.25, 0.3) is 5.91 Å². The molecular formula is C19H18N2O3S2. The molecule has 5 nitrogen and oxygen atoms in total. The van der Waals surface area contributed by atoms with E-state index in [2.05, 4.69) is 11.6 Å². The molecule has 2 aromatic carbocycles. The predicted octanol–water partition coefficient (Wildman–Crippen LogP) is 3.34. The van der Waals surface area contributed by atoms with Crippen LogP contribution in [0, 0.1) is 6.92 Å². The molecule has 0 spiro atoms. The van der Waals surface area contributed by atoms with Gasteiger partial charge in [-0.1, -0.05) is 35.6 Å². The van der Waals surface area contributed by atoms with Gasteiger partial charge in [-0.3, -0.25) is 4.79 Å². The molecule has 7 heteroatoms. The summed E-state index contributed by atoms with van der Waals surface area (Å²) in [5, 5.41) is 0. The third-order valence-electron chi connectivity index (χ3n) is 3.97. The number of allylic oxidation sites excluding steroid dienone is 1. The van der Waals surface area contributed by atoms with Gasteiger partial charge in [0.2, 0.25) is 0 Å². The topological polar surface area (TPSA) is 68.5 Å². The zero-order valence-corrected chi connectivity index (χ0v) is 16.1. The summed E-state index contributed by atoms with van der Waals surface area (Å²) in [6.45, 7) is 6.09. The molecule has 0 unspecified atom stereocenters. The highest BCUT2D eigenvalue weighted by molar-refractivity contribution is 7.90. The number of nitrogens with zero attached hydrogens (tertiary/aromatic N) is 2. The smallest absolute Gasteiger partial charge is 0.279 e. The van der Waals surface area contributed by atoms with E-state index in [9.17, 15) is 13.2 Å². The standard InChI is InChI=1S/C19H18N2O3S2/c1-4-11-21-16-10-9-14(26(3,23)24)12-17(16)25-19(21)20-18(22)15-8-6-5-7-13(15)2/h4-10,12H,1,11H2,2-3H3. The number of fused-ring (bicyclic) bond motifs is 1. The first-order valence-corrected chi connectivity index (χ1v) is 10.6. The lowest BCUT2D eigenvalue weighted by Crippen LogP contribution is -2.16. The number of thiazole rings is 1. The van der Waals surface area contributed by atoms with E-state index in [1.165, 1.54) is 17.6 Å². The Balaban J connectivity index is 2.21. The van der Waals surface area contributed by atoms with Crippen LogP contribution in [-0.4, -0.2) is 25.1 Å². The lowest BCUT2D eigenvalue weighted by molar-refractivity contribution is 0.0997. The number of rotatable bonds is 4. The molecule has 26 heavy (non-hydrogen) atoms. The van der Waals surface area contributed by atoms with Crippen LogP contribution in [0.25, 0.3) is 10.2 Å². The fourth-order valence-electron chi connectivity index (χ4n) is 2.63. The molecule has 0 N–H and O–H groups in total. The zero-order valence-electron chi connectivity index (χ0n) is 14.5. The largest absolute Gasteiger partial charge is 0.312 e. The van der Waals surface area contributed by atoms with E-state index in [0.29, 0.717) is 16.9 Å². The third-order valence-corrected chi connectivity index (χ3v) is 6.12. The number of benzene rings is 2. The summed E-state index contributed by atoms with van der Waals surface area (Å²) in [7, 11) is -3.30. The monoisotopic (exact) mass is 386 g/mol. The lowest BCUT2D eigenvalue weighted by Gasteiger charge is -2.03. The Morgan fingerprint density at radius 1 is 1.27 bits per heavy atom. The van der Waals surface area contributed by atoms with Crippen LogP contribution in [0.15, 0.2) is 65.0 Å². The van der Waals surface area contributed by atoms with E-state index in [1.807, 2.05) is 23.6 Å². The van der Waals surface area contributed by atoms with Crippen molar-refractivity contribution < 1.29 is 13.2 Å². The highest BCUT2D eigenvalue weighted by atomic mass is 32.2. The number of amides is 1. The number of aromatic nitrogens is 1. The number of carbonyl (C=O) groups excluding carboxylic acids is 1. The van der Waals surface area contributed by atoms with Gasteiger partial charge in [0.15, 0.2) is 14.6 Å². The minimum absolute atomic E-state index is 0.244. The van der Waals surface area contributed by atoms with Gasteiger partial charge >= 0.3 is 0 Å². The normalized spacial score (nSPS) is 12.5. The van der Waals surface area contributed by atoms with Crippen LogP contribution in [0.4, 0.5) is 0 Å². The predicted molar refractivity (Wildman–Crippen MR) is 104 cm³/mol. The third kappa shape index (κ3) is 3.54. The van der Waals surface area contributed by atoms with Gasteiger partial charge < -0.3 is 4.57 Å². The Labute approximate surface area is 155 Å². The van der Waals surface area contributed by atoms with Crippen molar-refractivity contribution in [3.05, 3.63) is 71.0 Å². The fourth-order valence-corrected chi connectivity index (χ4v) is 4.43. The van der Waals surface area contributed by atoms with Crippen LogP contribution in [0.3, 0.4) is 0 Å². The van der Waals surface area contributed by atoms with E-state index in [1.54, 1.807) is 36.4 Å². The molecule has 3 rings (SSSR count). The van der Waals surface area contributed by atoms with Crippen molar-refractivity contribution in [1.82, 2.24) is 4.57 Å². The molecular weight excluding hydrogens is 368 g/mol. The van der Waals surface area contributed by atoms with Crippen LogP contribution in [0.1, 0.15) is 15.9 Å². The SMILES string of the molecule is C=CCn1c(=NC(=O)c2ccccc2C)sc2cc(S(C)(=O)=O)ccc21. The van der Waals surface area contributed by atoms with E-state index >= 15 is 0 Å². The first-order chi connectivity index (χ1) is 12.3.